The van der Waals surface area contributed by atoms with E-state index < -0.39 is 10.0 Å². The second-order valence-electron chi connectivity index (χ2n) is 10.6. The van der Waals surface area contributed by atoms with Crippen molar-refractivity contribution in [1.29, 1.82) is 0 Å². The lowest BCUT2D eigenvalue weighted by Gasteiger charge is -2.27. The lowest BCUT2D eigenvalue weighted by Crippen LogP contribution is -2.43. The Morgan fingerprint density at radius 3 is 2.38 bits per heavy atom. The molecule has 0 N–H and O–H groups in total. The molecule has 37 heavy (non-hydrogen) atoms. The van der Waals surface area contributed by atoms with Crippen LogP contribution in [0.4, 0.5) is 0 Å². The summed E-state index contributed by atoms with van der Waals surface area (Å²) in [7, 11) is -3.82. The quantitative estimate of drug-likeness (QED) is 0.375. The molecule has 1 aliphatic carbocycles. The van der Waals surface area contributed by atoms with Crippen LogP contribution >= 0.6 is 11.3 Å². The van der Waals surface area contributed by atoms with Gasteiger partial charge in [-0.3, -0.25) is 4.79 Å². The number of thiophene rings is 1. The molecule has 0 unspecified atom stereocenters. The molecule has 1 saturated carbocycles. The molecule has 2 heterocycles. The van der Waals surface area contributed by atoms with Gasteiger partial charge in [-0.1, -0.05) is 45.0 Å². The zero-order valence-corrected chi connectivity index (χ0v) is 23.0. The van der Waals surface area contributed by atoms with E-state index in [2.05, 4.69) is 20.8 Å². The highest BCUT2D eigenvalue weighted by Crippen LogP contribution is 2.35. The topological polar surface area (TPSA) is 76.2 Å². The molecule has 2 aromatic carbocycles. The summed E-state index contributed by atoms with van der Waals surface area (Å²) in [5.41, 5.74) is 1.88. The van der Waals surface area contributed by atoms with Gasteiger partial charge in [-0.25, -0.2) is 8.42 Å². The SMILES string of the molecule is CC(C)(C)c1ccc(S(=O)(=O)N(CC(=O)N(Cc2ccc3c(c2)OCO3)Cc2cccs2)C2CC2)cc1. The van der Waals surface area contributed by atoms with Crippen LogP contribution in [0.15, 0.2) is 64.9 Å². The molecule has 3 aromatic rings. The molecule has 7 nitrogen and oxygen atoms in total. The Hall–Kier alpha value is -2.88. The fourth-order valence-electron chi connectivity index (χ4n) is 4.35. The maximum Gasteiger partial charge on any atom is 0.243 e. The van der Waals surface area contributed by atoms with E-state index in [1.54, 1.807) is 28.4 Å². The summed E-state index contributed by atoms with van der Waals surface area (Å²) in [5.74, 6) is 1.11. The molecule has 196 valence electrons. The minimum atomic E-state index is -3.82. The van der Waals surface area contributed by atoms with Gasteiger partial charge in [0.25, 0.3) is 0 Å². The molecular formula is C28H32N2O5S2. The number of carbonyl (C=O) groups excluding carboxylic acids is 1. The molecule has 5 rings (SSSR count). The van der Waals surface area contributed by atoms with Crippen LogP contribution in [0.3, 0.4) is 0 Å². The van der Waals surface area contributed by atoms with Crippen molar-refractivity contribution >= 4 is 27.3 Å². The Morgan fingerprint density at radius 1 is 1.00 bits per heavy atom. The van der Waals surface area contributed by atoms with Crippen LogP contribution in [0.2, 0.25) is 0 Å². The van der Waals surface area contributed by atoms with E-state index in [4.69, 9.17) is 9.47 Å². The van der Waals surface area contributed by atoms with Crippen LogP contribution in [0.25, 0.3) is 0 Å². The molecular weight excluding hydrogens is 508 g/mol. The van der Waals surface area contributed by atoms with Gasteiger partial charge in [-0.2, -0.15) is 4.31 Å². The highest BCUT2D eigenvalue weighted by molar-refractivity contribution is 7.89. The first kappa shape index (κ1) is 25.8. The van der Waals surface area contributed by atoms with Gasteiger partial charge in [0.05, 0.1) is 18.0 Å². The molecule has 1 aromatic heterocycles. The standard InChI is InChI=1S/C28H32N2O5S2/c1-28(2,3)21-7-11-24(12-8-21)37(32,33)30(22-9-10-22)18-27(31)29(17-23-5-4-14-36-23)16-20-6-13-25-26(15-20)35-19-34-25/h4-8,11-15,22H,9-10,16-19H2,1-3H3. The summed E-state index contributed by atoms with van der Waals surface area (Å²) in [6.45, 7) is 7.01. The lowest BCUT2D eigenvalue weighted by molar-refractivity contribution is -0.132. The smallest absolute Gasteiger partial charge is 0.243 e. The molecule has 1 fully saturated rings. The summed E-state index contributed by atoms with van der Waals surface area (Å²) in [6.07, 6.45) is 1.53. The van der Waals surface area contributed by atoms with Gasteiger partial charge < -0.3 is 14.4 Å². The molecule has 0 saturated heterocycles. The second kappa shape index (κ2) is 10.1. The average molecular weight is 541 g/mol. The monoisotopic (exact) mass is 540 g/mol. The summed E-state index contributed by atoms with van der Waals surface area (Å²) >= 11 is 1.57. The van der Waals surface area contributed by atoms with E-state index in [-0.39, 0.29) is 35.6 Å². The predicted octanol–water partition coefficient (Wildman–Crippen LogP) is 5.16. The number of hydrogen-bond acceptors (Lipinski definition) is 6. The maximum absolute atomic E-state index is 13.7. The zero-order valence-electron chi connectivity index (χ0n) is 21.3. The largest absolute Gasteiger partial charge is 0.454 e. The highest BCUT2D eigenvalue weighted by atomic mass is 32.2. The first-order valence-electron chi connectivity index (χ1n) is 12.4. The van der Waals surface area contributed by atoms with E-state index in [1.165, 1.54) is 4.31 Å². The summed E-state index contributed by atoms with van der Waals surface area (Å²) in [4.78, 5) is 16.7. The van der Waals surface area contributed by atoms with E-state index in [9.17, 15) is 13.2 Å². The Labute approximate surface area is 222 Å². The average Bonchev–Trinajstić information content (AvgIpc) is 3.35. The van der Waals surface area contributed by atoms with Crippen molar-refractivity contribution in [3.63, 3.8) is 0 Å². The van der Waals surface area contributed by atoms with Crippen molar-refractivity contribution in [2.75, 3.05) is 13.3 Å². The van der Waals surface area contributed by atoms with Crippen molar-refractivity contribution < 1.29 is 22.7 Å². The number of sulfonamides is 1. The normalized spacial score (nSPS) is 15.2. The van der Waals surface area contributed by atoms with Gasteiger partial charge >= 0.3 is 0 Å². The second-order valence-corrected chi connectivity index (χ2v) is 13.5. The molecule has 0 atom stereocenters. The minimum Gasteiger partial charge on any atom is -0.454 e. The molecule has 0 spiro atoms. The Balaban J connectivity index is 1.38. The van der Waals surface area contributed by atoms with Crippen LogP contribution in [0.5, 0.6) is 11.5 Å². The number of hydrogen-bond donors (Lipinski definition) is 0. The van der Waals surface area contributed by atoms with Crippen LogP contribution in [0.1, 0.15) is 49.6 Å². The van der Waals surface area contributed by atoms with Gasteiger partial charge in [0.15, 0.2) is 11.5 Å². The summed E-state index contributed by atoms with van der Waals surface area (Å²) in [6, 6.07) is 16.5. The Morgan fingerprint density at radius 2 is 1.73 bits per heavy atom. The first-order chi connectivity index (χ1) is 17.6. The number of benzene rings is 2. The maximum atomic E-state index is 13.7. The number of rotatable bonds is 9. The third-order valence-corrected chi connectivity index (χ3v) is 9.44. The predicted molar refractivity (Wildman–Crippen MR) is 143 cm³/mol. The van der Waals surface area contributed by atoms with Gasteiger partial charge in [0.2, 0.25) is 22.7 Å². The van der Waals surface area contributed by atoms with E-state index >= 15 is 0 Å². The van der Waals surface area contributed by atoms with Crippen LogP contribution in [0, 0.1) is 0 Å². The zero-order chi connectivity index (χ0) is 26.2. The van der Waals surface area contributed by atoms with Crippen LogP contribution < -0.4 is 9.47 Å². The van der Waals surface area contributed by atoms with E-state index in [0.717, 1.165) is 28.8 Å². The van der Waals surface area contributed by atoms with Gasteiger partial charge in [-0.05, 0) is 65.1 Å². The van der Waals surface area contributed by atoms with Crippen molar-refractivity contribution in [2.45, 2.75) is 63.1 Å². The number of amides is 1. The number of nitrogens with zero attached hydrogens (tertiary/aromatic N) is 2. The summed E-state index contributed by atoms with van der Waals surface area (Å²) in [5, 5.41) is 1.97. The lowest BCUT2D eigenvalue weighted by atomic mass is 9.87. The molecule has 1 aliphatic heterocycles. The van der Waals surface area contributed by atoms with Gasteiger partial charge in [0, 0.05) is 17.5 Å². The molecule has 0 bridgehead atoms. The highest BCUT2D eigenvalue weighted by Gasteiger charge is 2.40. The van der Waals surface area contributed by atoms with E-state index in [0.29, 0.717) is 24.6 Å². The minimum absolute atomic E-state index is 0.0779. The third-order valence-electron chi connectivity index (χ3n) is 6.66. The van der Waals surface area contributed by atoms with Crippen LogP contribution in [-0.4, -0.2) is 42.9 Å². The van der Waals surface area contributed by atoms with Gasteiger partial charge in [-0.15, -0.1) is 11.3 Å². The van der Waals surface area contributed by atoms with Crippen LogP contribution in [-0.2, 0) is 33.3 Å². The fraction of sp³-hybridized carbons (Fsp3) is 0.393. The van der Waals surface area contributed by atoms with E-state index in [1.807, 2.05) is 47.8 Å². The van der Waals surface area contributed by atoms with Crippen molar-refractivity contribution in [3.05, 3.63) is 76.0 Å². The number of carbonyl (C=O) groups is 1. The van der Waals surface area contributed by atoms with Crippen molar-refractivity contribution in [3.8, 4) is 11.5 Å². The van der Waals surface area contributed by atoms with Gasteiger partial charge in [0.1, 0.15) is 0 Å². The molecule has 9 heteroatoms. The first-order valence-corrected chi connectivity index (χ1v) is 14.7. The molecule has 0 radical (unpaired) electrons. The third kappa shape index (κ3) is 5.84. The summed E-state index contributed by atoms with van der Waals surface area (Å²) < 4.78 is 39.6. The Kier molecular flexibility index (Phi) is 7.04. The molecule has 2 aliphatic rings. The number of fused-ring (bicyclic) bond motifs is 1. The molecule has 1 amide bonds. The number of ether oxygens (including phenoxy) is 2. The van der Waals surface area contributed by atoms with Crippen molar-refractivity contribution in [2.24, 2.45) is 0 Å². The Bertz CT molecular complexity index is 1360. The van der Waals surface area contributed by atoms with Crippen molar-refractivity contribution in [1.82, 2.24) is 9.21 Å². The fourth-order valence-corrected chi connectivity index (χ4v) is 6.71.